The van der Waals surface area contributed by atoms with Crippen LogP contribution in [0.2, 0.25) is 0 Å². The summed E-state index contributed by atoms with van der Waals surface area (Å²) in [6, 6.07) is 1.96. The highest BCUT2D eigenvalue weighted by Crippen LogP contribution is 2.23. The third kappa shape index (κ3) is 3.32. The van der Waals surface area contributed by atoms with Crippen molar-refractivity contribution in [3.8, 4) is 0 Å². The first-order valence-corrected chi connectivity index (χ1v) is 8.26. The van der Waals surface area contributed by atoms with E-state index in [0.29, 0.717) is 11.4 Å². The summed E-state index contributed by atoms with van der Waals surface area (Å²) in [4.78, 5) is 25.7. The van der Waals surface area contributed by atoms with Crippen molar-refractivity contribution in [1.82, 2.24) is 19.9 Å². The number of carbonyl (C=O) groups excluding carboxylic acids is 1. The topological polar surface area (TPSA) is 61.9 Å². The normalized spacial score (nSPS) is 11.0. The summed E-state index contributed by atoms with van der Waals surface area (Å²) >= 11 is 4.86. The van der Waals surface area contributed by atoms with Gasteiger partial charge in [-0.15, -0.1) is 0 Å². The summed E-state index contributed by atoms with van der Waals surface area (Å²) in [6.45, 7) is 7.37. The lowest BCUT2D eigenvalue weighted by atomic mass is 10.3. The second-order valence-electron chi connectivity index (χ2n) is 4.32. The van der Waals surface area contributed by atoms with Crippen molar-refractivity contribution < 1.29 is 4.79 Å². The molecule has 1 N–H and O–H groups in total. The first-order chi connectivity index (χ1) is 9.55. The molecular formula is C13H17BrN4OS. The number of rotatable bonds is 5. The van der Waals surface area contributed by atoms with Crippen LogP contribution in [0.3, 0.4) is 0 Å². The van der Waals surface area contributed by atoms with Crippen molar-refractivity contribution in [2.24, 2.45) is 0 Å². The molecule has 20 heavy (non-hydrogen) atoms. The molecule has 108 valence electrons. The average molecular weight is 357 g/mol. The molecule has 0 spiro atoms. The third-order valence-corrected chi connectivity index (χ3v) is 4.69. The molecule has 2 heterocycles. The number of aromatic nitrogens is 3. The Bertz CT molecular complexity index is 585. The van der Waals surface area contributed by atoms with Crippen LogP contribution in [0, 0.1) is 6.92 Å². The lowest BCUT2D eigenvalue weighted by Crippen LogP contribution is -2.31. The Hall–Kier alpha value is -1.08. The molecule has 0 aliphatic heterocycles. The number of carbonyl (C=O) groups is 1. The van der Waals surface area contributed by atoms with Crippen molar-refractivity contribution in [3.63, 3.8) is 0 Å². The summed E-state index contributed by atoms with van der Waals surface area (Å²) in [6.07, 6.45) is 0. The predicted molar refractivity (Wildman–Crippen MR) is 85.0 cm³/mol. The molecular weight excluding hydrogens is 340 g/mol. The second kappa shape index (κ2) is 6.58. The molecule has 0 bridgehead atoms. The van der Waals surface area contributed by atoms with Gasteiger partial charge >= 0.3 is 0 Å². The van der Waals surface area contributed by atoms with Gasteiger partial charge in [-0.1, -0.05) is 11.8 Å². The lowest BCUT2D eigenvalue weighted by Gasteiger charge is -2.17. The molecule has 0 atom stereocenters. The highest BCUT2D eigenvalue weighted by molar-refractivity contribution is 9.10. The zero-order valence-corrected chi connectivity index (χ0v) is 14.1. The summed E-state index contributed by atoms with van der Waals surface area (Å²) in [5.74, 6) is 0.521. The van der Waals surface area contributed by atoms with Crippen LogP contribution in [0.5, 0.6) is 0 Å². The van der Waals surface area contributed by atoms with Gasteiger partial charge in [-0.3, -0.25) is 4.79 Å². The Balaban J connectivity index is 2.09. The maximum atomic E-state index is 11.9. The fourth-order valence-electron chi connectivity index (χ4n) is 1.85. The zero-order valence-electron chi connectivity index (χ0n) is 11.7. The minimum absolute atomic E-state index is 0.130. The summed E-state index contributed by atoms with van der Waals surface area (Å²) in [5, 5.41) is 0.727. The van der Waals surface area contributed by atoms with Gasteiger partial charge in [0, 0.05) is 17.6 Å². The number of halogens is 1. The molecule has 0 aliphatic rings. The Morgan fingerprint density at radius 1 is 1.40 bits per heavy atom. The van der Waals surface area contributed by atoms with Crippen LogP contribution in [0.25, 0.3) is 11.2 Å². The molecule has 0 fully saturated rings. The number of amides is 1. The van der Waals surface area contributed by atoms with E-state index in [1.165, 1.54) is 11.8 Å². The monoisotopic (exact) mass is 356 g/mol. The van der Waals surface area contributed by atoms with Gasteiger partial charge in [0.2, 0.25) is 5.91 Å². The minimum Gasteiger partial charge on any atom is -0.343 e. The summed E-state index contributed by atoms with van der Waals surface area (Å²) in [5.41, 5.74) is 2.46. The maximum Gasteiger partial charge on any atom is 0.233 e. The van der Waals surface area contributed by atoms with E-state index in [2.05, 4.69) is 30.9 Å². The Labute approximate surface area is 130 Å². The number of H-pyrrole nitrogens is 1. The SMILES string of the molecule is CCN(CC)C(=O)CSc1nc2nc(C)c(Br)cc2[nH]1. The molecule has 0 unspecified atom stereocenters. The van der Waals surface area contributed by atoms with Gasteiger partial charge in [0.15, 0.2) is 10.8 Å². The van der Waals surface area contributed by atoms with E-state index in [1.54, 1.807) is 0 Å². The smallest absolute Gasteiger partial charge is 0.233 e. The van der Waals surface area contributed by atoms with E-state index in [1.807, 2.05) is 31.7 Å². The molecule has 0 aliphatic carbocycles. The van der Waals surface area contributed by atoms with Gasteiger partial charge in [-0.05, 0) is 42.8 Å². The van der Waals surface area contributed by atoms with Crippen LogP contribution in [-0.4, -0.2) is 44.6 Å². The van der Waals surface area contributed by atoms with Crippen molar-refractivity contribution in [3.05, 3.63) is 16.2 Å². The van der Waals surface area contributed by atoms with Crippen LogP contribution in [0.15, 0.2) is 15.7 Å². The number of hydrogen-bond donors (Lipinski definition) is 1. The van der Waals surface area contributed by atoms with Crippen LogP contribution in [-0.2, 0) is 4.79 Å². The third-order valence-electron chi connectivity index (χ3n) is 3.03. The quantitative estimate of drug-likeness (QED) is 0.836. The summed E-state index contributed by atoms with van der Waals surface area (Å²) in [7, 11) is 0. The average Bonchev–Trinajstić information content (AvgIpc) is 2.80. The Morgan fingerprint density at radius 2 is 2.10 bits per heavy atom. The van der Waals surface area contributed by atoms with E-state index in [9.17, 15) is 4.79 Å². The number of hydrogen-bond acceptors (Lipinski definition) is 4. The molecule has 2 aromatic rings. The van der Waals surface area contributed by atoms with Gasteiger partial charge in [0.25, 0.3) is 0 Å². The van der Waals surface area contributed by atoms with Crippen molar-refractivity contribution in [2.45, 2.75) is 25.9 Å². The molecule has 2 rings (SSSR count). The second-order valence-corrected chi connectivity index (χ2v) is 6.14. The highest BCUT2D eigenvalue weighted by Gasteiger charge is 2.12. The zero-order chi connectivity index (χ0) is 14.7. The Kier molecular flexibility index (Phi) is 5.04. The largest absolute Gasteiger partial charge is 0.343 e. The molecule has 0 saturated carbocycles. The van der Waals surface area contributed by atoms with Crippen molar-refractivity contribution >= 4 is 44.8 Å². The number of pyridine rings is 1. The van der Waals surface area contributed by atoms with E-state index in [-0.39, 0.29) is 5.91 Å². The molecule has 0 radical (unpaired) electrons. The molecule has 0 saturated heterocycles. The minimum atomic E-state index is 0.130. The standard InChI is InChI=1S/C13H17BrN4OS/c1-4-18(5-2)11(19)7-20-13-16-10-6-9(14)8(3)15-12(10)17-13/h6H,4-5,7H2,1-3H3,(H,15,16,17). The van der Waals surface area contributed by atoms with Gasteiger partial charge in [-0.2, -0.15) is 0 Å². The number of fused-ring (bicyclic) bond motifs is 1. The van der Waals surface area contributed by atoms with Crippen molar-refractivity contribution in [1.29, 1.82) is 0 Å². The number of aryl methyl sites for hydroxylation is 1. The summed E-state index contributed by atoms with van der Waals surface area (Å²) < 4.78 is 0.949. The van der Waals surface area contributed by atoms with Gasteiger partial charge in [0.05, 0.1) is 17.0 Å². The number of aromatic amines is 1. The van der Waals surface area contributed by atoms with Crippen LogP contribution in [0.4, 0.5) is 0 Å². The molecule has 7 heteroatoms. The maximum absolute atomic E-state index is 11.9. The fourth-order valence-corrected chi connectivity index (χ4v) is 2.94. The fraction of sp³-hybridized carbons (Fsp3) is 0.462. The molecule has 2 aromatic heterocycles. The van der Waals surface area contributed by atoms with E-state index in [0.717, 1.165) is 33.9 Å². The van der Waals surface area contributed by atoms with Gasteiger partial charge in [-0.25, -0.2) is 9.97 Å². The van der Waals surface area contributed by atoms with Crippen molar-refractivity contribution in [2.75, 3.05) is 18.8 Å². The molecule has 5 nitrogen and oxygen atoms in total. The number of nitrogens with one attached hydrogen (secondary N) is 1. The van der Waals surface area contributed by atoms with Gasteiger partial charge in [0.1, 0.15) is 0 Å². The van der Waals surface area contributed by atoms with E-state index in [4.69, 9.17) is 0 Å². The van der Waals surface area contributed by atoms with E-state index >= 15 is 0 Å². The lowest BCUT2D eigenvalue weighted by molar-refractivity contribution is -0.127. The number of imidazole rings is 1. The van der Waals surface area contributed by atoms with E-state index < -0.39 is 0 Å². The molecule has 0 aromatic carbocycles. The van der Waals surface area contributed by atoms with Crippen LogP contribution in [0.1, 0.15) is 19.5 Å². The highest BCUT2D eigenvalue weighted by atomic mass is 79.9. The first-order valence-electron chi connectivity index (χ1n) is 6.48. The van der Waals surface area contributed by atoms with Gasteiger partial charge < -0.3 is 9.88 Å². The Morgan fingerprint density at radius 3 is 2.75 bits per heavy atom. The number of nitrogens with zero attached hydrogens (tertiary/aromatic N) is 3. The molecule has 1 amide bonds. The first kappa shape index (κ1) is 15.3. The number of thioether (sulfide) groups is 1. The predicted octanol–water partition coefficient (Wildman–Crippen LogP) is 2.99. The van der Waals surface area contributed by atoms with Crippen LogP contribution >= 0.6 is 27.7 Å². The van der Waals surface area contributed by atoms with Crippen LogP contribution < -0.4 is 0 Å².